The molecule has 0 amide bonds. The van der Waals surface area contributed by atoms with E-state index >= 15 is 0 Å². The molecular formula is C11H15ClN4S. The summed E-state index contributed by atoms with van der Waals surface area (Å²) in [5.74, 6) is 0. The van der Waals surface area contributed by atoms with Crippen molar-refractivity contribution in [3.63, 3.8) is 0 Å². The van der Waals surface area contributed by atoms with Gasteiger partial charge in [-0.25, -0.2) is 4.98 Å². The summed E-state index contributed by atoms with van der Waals surface area (Å²) < 4.78 is 0. The molecule has 1 aromatic rings. The van der Waals surface area contributed by atoms with E-state index in [9.17, 15) is 0 Å². The van der Waals surface area contributed by atoms with Gasteiger partial charge in [0.15, 0.2) is 10.3 Å². The molecule has 0 aromatic carbocycles. The van der Waals surface area contributed by atoms with E-state index in [1.807, 2.05) is 0 Å². The average molecular weight is 271 g/mol. The molecule has 1 aromatic heterocycles. The maximum Gasteiger partial charge on any atom is 0.188 e. The lowest BCUT2D eigenvalue weighted by Crippen LogP contribution is -2.40. The van der Waals surface area contributed by atoms with Crippen molar-refractivity contribution in [3.8, 4) is 6.07 Å². The standard InChI is InChI=1S/C11H15ClN4S/c12-10-9(7-14)17-11(15-10)16-6-2-1-3-8(16)4-5-13/h8H,1-6,13H2. The molecule has 0 bridgehead atoms. The topological polar surface area (TPSA) is 65.9 Å². The van der Waals surface area contributed by atoms with E-state index < -0.39 is 0 Å². The molecule has 0 saturated carbocycles. The predicted octanol–water partition coefficient (Wildman–Crippen LogP) is 2.38. The van der Waals surface area contributed by atoms with Gasteiger partial charge in [-0.05, 0) is 32.2 Å². The molecule has 1 aliphatic heterocycles. The number of nitrogens with zero attached hydrogens (tertiary/aromatic N) is 3. The highest BCUT2D eigenvalue weighted by atomic mass is 35.5. The van der Waals surface area contributed by atoms with E-state index in [2.05, 4.69) is 16.0 Å². The molecular weight excluding hydrogens is 256 g/mol. The van der Waals surface area contributed by atoms with Crippen LogP contribution in [0.2, 0.25) is 5.15 Å². The molecule has 1 unspecified atom stereocenters. The maximum absolute atomic E-state index is 8.90. The molecule has 2 rings (SSSR count). The van der Waals surface area contributed by atoms with Gasteiger partial charge in [0.05, 0.1) is 0 Å². The van der Waals surface area contributed by atoms with Crippen molar-refractivity contribution in [2.75, 3.05) is 18.0 Å². The Morgan fingerprint density at radius 3 is 3.06 bits per heavy atom. The number of nitrogens with two attached hydrogens (primary N) is 1. The SMILES string of the molecule is N#Cc1sc(N2CCCCC2CCN)nc1Cl. The normalized spacial score (nSPS) is 20.3. The summed E-state index contributed by atoms with van der Waals surface area (Å²) in [6.45, 7) is 1.67. The van der Waals surface area contributed by atoms with Gasteiger partial charge in [0.1, 0.15) is 10.9 Å². The van der Waals surface area contributed by atoms with Gasteiger partial charge in [0.2, 0.25) is 0 Å². The first-order valence-corrected chi connectivity index (χ1v) is 6.99. The number of rotatable bonds is 3. The van der Waals surface area contributed by atoms with Crippen LogP contribution in [0.3, 0.4) is 0 Å². The number of thiazole rings is 1. The first-order chi connectivity index (χ1) is 8.26. The second-order valence-electron chi connectivity index (χ2n) is 4.15. The van der Waals surface area contributed by atoms with Crippen LogP contribution in [0.15, 0.2) is 0 Å². The number of hydrogen-bond donors (Lipinski definition) is 1. The lowest BCUT2D eigenvalue weighted by molar-refractivity contribution is 0.441. The molecule has 2 heterocycles. The Morgan fingerprint density at radius 2 is 2.41 bits per heavy atom. The van der Waals surface area contributed by atoms with Crippen LogP contribution in [0.25, 0.3) is 0 Å². The summed E-state index contributed by atoms with van der Waals surface area (Å²) in [5.41, 5.74) is 5.64. The Hall–Kier alpha value is -0.830. The van der Waals surface area contributed by atoms with Crippen LogP contribution in [0.4, 0.5) is 5.13 Å². The van der Waals surface area contributed by atoms with Gasteiger partial charge in [-0.3, -0.25) is 0 Å². The molecule has 4 nitrogen and oxygen atoms in total. The van der Waals surface area contributed by atoms with E-state index in [4.69, 9.17) is 22.6 Å². The smallest absolute Gasteiger partial charge is 0.188 e. The third-order valence-corrected chi connectivity index (χ3v) is 4.43. The highest BCUT2D eigenvalue weighted by Gasteiger charge is 2.25. The number of anilines is 1. The summed E-state index contributed by atoms with van der Waals surface area (Å²) >= 11 is 7.29. The van der Waals surface area contributed by atoms with Gasteiger partial charge >= 0.3 is 0 Å². The molecule has 92 valence electrons. The minimum Gasteiger partial charge on any atom is -0.345 e. The highest BCUT2D eigenvalue weighted by molar-refractivity contribution is 7.16. The number of hydrogen-bond acceptors (Lipinski definition) is 5. The minimum atomic E-state index is 0.324. The molecule has 0 aliphatic carbocycles. The van der Waals surface area contributed by atoms with Gasteiger partial charge in [0.25, 0.3) is 0 Å². The molecule has 1 aliphatic rings. The Labute approximate surface area is 110 Å². The molecule has 6 heteroatoms. The van der Waals surface area contributed by atoms with Crippen LogP contribution in [0.1, 0.15) is 30.6 Å². The van der Waals surface area contributed by atoms with Gasteiger partial charge in [-0.1, -0.05) is 22.9 Å². The fraction of sp³-hybridized carbons (Fsp3) is 0.636. The van der Waals surface area contributed by atoms with Crippen LogP contribution in [-0.2, 0) is 0 Å². The quantitative estimate of drug-likeness (QED) is 0.916. The van der Waals surface area contributed by atoms with E-state index in [0.29, 0.717) is 22.6 Å². The highest BCUT2D eigenvalue weighted by Crippen LogP contribution is 2.33. The molecule has 1 saturated heterocycles. The van der Waals surface area contributed by atoms with Crippen molar-refractivity contribution in [2.45, 2.75) is 31.7 Å². The summed E-state index contributed by atoms with van der Waals surface area (Å²) in [6.07, 6.45) is 4.53. The van der Waals surface area contributed by atoms with Crippen LogP contribution >= 0.6 is 22.9 Å². The molecule has 0 spiro atoms. The second kappa shape index (κ2) is 5.67. The molecule has 1 fully saturated rings. The largest absolute Gasteiger partial charge is 0.345 e. The zero-order valence-corrected chi connectivity index (χ0v) is 11.1. The second-order valence-corrected chi connectivity index (χ2v) is 5.48. The number of piperidine rings is 1. The molecule has 17 heavy (non-hydrogen) atoms. The van der Waals surface area contributed by atoms with Crippen molar-refractivity contribution in [3.05, 3.63) is 10.0 Å². The predicted molar refractivity (Wildman–Crippen MR) is 70.5 cm³/mol. The molecule has 1 atom stereocenters. The van der Waals surface area contributed by atoms with E-state index in [0.717, 1.165) is 24.5 Å². The average Bonchev–Trinajstić information content (AvgIpc) is 2.71. The Morgan fingerprint density at radius 1 is 1.59 bits per heavy atom. The lowest BCUT2D eigenvalue weighted by Gasteiger charge is -2.35. The Kier molecular flexibility index (Phi) is 4.21. The van der Waals surface area contributed by atoms with Crippen LogP contribution in [-0.4, -0.2) is 24.1 Å². The fourth-order valence-corrected chi connectivity index (χ4v) is 3.37. The maximum atomic E-state index is 8.90. The van der Waals surface area contributed by atoms with Crippen molar-refractivity contribution in [1.82, 2.24) is 4.98 Å². The fourth-order valence-electron chi connectivity index (χ4n) is 2.23. The van der Waals surface area contributed by atoms with E-state index in [1.165, 1.54) is 24.2 Å². The minimum absolute atomic E-state index is 0.324. The third-order valence-electron chi connectivity index (χ3n) is 3.05. The van der Waals surface area contributed by atoms with Crippen molar-refractivity contribution >= 4 is 28.1 Å². The van der Waals surface area contributed by atoms with Crippen LogP contribution in [0.5, 0.6) is 0 Å². The Balaban J connectivity index is 2.20. The summed E-state index contributed by atoms with van der Waals surface area (Å²) in [6, 6.07) is 2.52. The van der Waals surface area contributed by atoms with Gasteiger partial charge in [-0.2, -0.15) is 5.26 Å². The van der Waals surface area contributed by atoms with Gasteiger partial charge in [0, 0.05) is 12.6 Å². The summed E-state index contributed by atoms with van der Waals surface area (Å²) in [7, 11) is 0. The first kappa shape index (κ1) is 12.6. The lowest BCUT2D eigenvalue weighted by atomic mass is 10.0. The number of nitriles is 1. The first-order valence-electron chi connectivity index (χ1n) is 5.79. The zero-order valence-electron chi connectivity index (χ0n) is 9.53. The number of halogens is 1. The number of aromatic nitrogens is 1. The third kappa shape index (κ3) is 2.71. The van der Waals surface area contributed by atoms with Crippen LogP contribution in [0, 0.1) is 11.3 Å². The zero-order chi connectivity index (χ0) is 12.3. The van der Waals surface area contributed by atoms with E-state index in [1.54, 1.807) is 0 Å². The monoisotopic (exact) mass is 270 g/mol. The van der Waals surface area contributed by atoms with Gasteiger partial charge in [-0.15, -0.1) is 0 Å². The van der Waals surface area contributed by atoms with Crippen molar-refractivity contribution in [2.24, 2.45) is 5.73 Å². The van der Waals surface area contributed by atoms with E-state index in [-0.39, 0.29) is 0 Å². The molecule has 2 N–H and O–H groups in total. The van der Waals surface area contributed by atoms with Crippen molar-refractivity contribution < 1.29 is 0 Å². The van der Waals surface area contributed by atoms with Crippen LogP contribution < -0.4 is 10.6 Å². The summed E-state index contributed by atoms with van der Waals surface area (Å²) in [4.78, 5) is 7.04. The van der Waals surface area contributed by atoms with Crippen molar-refractivity contribution in [1.29, 1.82) is 5.26 Å². The Bertz CT molecular complexity index is 424. The molecule has 0 radical (unpaired) electrons. The summed E-state index contributed by atoms with van der Waals surface area (Å²) in [5, 5.41) is 10.1. The van der Waals surface area contributed by atoms with Gasteiger partial charge < -0.3 is 10.6 Å².